The fourth-order valence-electron chi connectivity index (χ4n) is 1.79. The summed E-state index contributed by atoms with van der Waals surface area (Å²) < 4.78 is 28.1. The minimum atomic E-state index is -3.84. The zero-order chi connectivity index (χ0) is 13.6. The maximum atomic E-state index is 11.2. The van der Waals surface area contributed by atoms with E-state index in [0.717, 1.165) is 18.7 Å². The summed E-state index contributed by atoms with van der Waals surface area (Å²) >= 11 is 5.92. The van der Waals surface area contributed by atoms with Crippen LogP contribution in [0.2, 0.25) is 5.02 Å². The highest BCUT2D eigenvalue weighted by atomic mass is 35.7. The second kappa shape index (κ2) is 4.51. The summed E-state index contributed by atoms with van der Waals surface area (Å²) in [7, 11) is 1.43. The van der Waals surface area contributed by atoms with Crippen LogP contribution in [0, 0.1) is 0 Å². The summed E-state index contributed by atoms with van der Waals surface area (Å²) in [6.45, 7) is 0. The molecule has 1 aliphatic rings. The van der Waals surface area contributed by atoms with Crippen LogP contribution in [0.5, 0.6) is 0 Å². The van der Waals surface area contributed by atoms with Gasteiger partial charge in [0.2, 0.25) is 0 Å². The van der Waals surface area contributed by atoms with Gasteiger partial charge < -0.3 is 4.42 Å². The Labute approximate surface area is 119 Å². The van der Waals surface area contributed by atoms with Crippen LogP contribution in [0.3, 0.4) is 0 Å². The number of halogens is 2. The van der Waals surface area contributed by atoms with Crippen LogP contribution in [0.15, 0.2) is 33.7 Å². The number of hydrogen-bond acceptors (Lipinski definition) is 4. The number of aromatic nitrogens is 1. The first kappa shape index (κ1) is 13.0. The lowest BCUT2D eigenvalue weighted by Crippen LogP contribution is -1.91. The predicted molar refractivity (Wildman–Crippen MR) is 72.0 cm³/mol. The normalized spacial score (nSPS) is 15.7. The standard InChI is InChI=1S/C12H9Cl2NO3S/c13-9-5-8(3-4-11(9)19(14,16)17)10-6-15-12(18-10)7-1-2-7/h3-7H,1-2H2. The van der Waals surface area contributed by atoms with Crippen LogP contribution in [0.4, 0.5) is 0 Å². The van der Waals surface area contributed by atoms with Crippen molar-refractivity contribution in [1.29, 1.82) is 0 Å². The lowest BCUT2D eigenvalue weighted by atomic mass is 10.2. The number of hydrogen-bond donors (Lipinski definition) is 0. The smallest absolute Gasteiger partial charge is 0.262 e. The second-order valence-corrected chi connectivity index (χ2v) is 7.36. The third-order valence-corrected chi connectivity index (χ3v) is 4.73. The van der Waals surface area contributed by atoms with Gasteiger partial charge in [-0.2, -0.15) is 0 Å². The molecule has 0 aliphatic heterocycles. The molecule has 0 unspecified atom stereocenters. The molecule has 1 fully saturated rings. The van der Waals surface area contributed by atoms with Gasteiger partial charge in [-0.05, 0) is 31.0 Å². The van der Waals surface area contributed by atoms with E-state index in [4.69, 9.17) is 26.7 Å². The molecule has 1 aliphatic carbocycles. The Bertz CT molecular complexity index is 735. The first-order valence-electron chi connectivity index (χ1n) is 5.65. The van der Waals surface area contributed by atoms with Crippen molar-refractivity contribution in [2.45, 2.75) is 23.7 Å². The first-order chi connectivity index (χ1) is 8.95. The van der Waals surface area contributed by atoms with Crippen molar-refractivity contribution in [3.8, 4) is 11.3 Å². The van der Waals surface area contributed by atoms with Crippen LogP contribution in [-0.4, -0.2) is 13.4 Å². The maximum Gasteiger partial charge on any atom is 0.262 e. The van der Waals surface area contributed by atoms with Crippen LogP contribution in [-0.2, 0) is 9.05 Å². The summed E-state index contributed by atoms with van der Waals surface area (Å²) in [5.74, 6) is 1.72. The maximum absolute atomic E-state index is 11.2. The molecule has 0 spiro atoms. The van der Waals surface area contributed by atoms with Crippen molar-refractivity contribution in [3.05, 3.63) is 35.3 Å². The molecule has 7 heteroatoms. The average molecular weight is 318 g/mol. The lowest BCUT2D eigenvalue weighted by molar-refractivity contribution is 0.509. The monoisotopic (exact) mass is 317 g/mol. The molecule has 100 valence electrons. The number of benzene rings is 1. The Kier molecular flexibility index (Phi) is 3.08. The average Bonchev–Trinajstić information content (AvgIpc) is 3.05. The largest absolute Gasteiger partial charge is 0.440 e. The first-order valence-corrected chi connectivity index (χ1v) is 8.34. The van der Waals surface area contributed by atoms with E-state index < -0.39 is 9.05 Å². The van der Waals surface area contributed by atoms with Gasteiger partial charge in [0.05, 0.1) is 11.2 Å². The Morgan fingerprint density at radius 1 is 1.32 bits per heavy atom. The summed E-state index contributed by atoms with van der Waals surface area (Å²) in [6.07, 6.45) is 3.82. The molecule has 19 heavy (non-hydrogen) atoms. The van der Waals surface area contributed by atoms with Crippen molar-refractivity contribution < 1.29 is 12.8 Å². The fourth-order valence-corrected chi connectivity index (χ4v) is 3.32. The summed E-state index contributed by atoms with van der Waals surface area (Å²) in [5.41, 5.74) is 0.675. The van der Waals surface area contributed by atoms with Gasteiger partial charge in [0, 0.05) is 22.2 Å². The second-order valence-electron chi connectivity index (χ2n) is 4.42. The minimum Gasteiger partial charge on any atom is -0.440 e. The molecular weight excluding hydrogens is 309 g/mol. The topological polar surface area (TPSA) is 60.2 Å². The molecule has 0 amide bonds. The molecule has 1 heterocycles. The quantitative estimate of drug-likeness (QED) is 0.808. The Morgan fingerprint density at radius 2 is 2.05 bits per heavy atom. The van der Waals surface area contributed by atoms with Crippen molar-refractivity contribution in [2.75, 3.05) is 0 Å². The van der Waals surface area contributed by atoms with Crippen molar-refractivity contribution in [3.63, 3.8) is 0 Å². The number of nitrogens with zero attached hydrogens (tertiary/aromatic N) is 1. The molecule has 0 atom stereocenters. The molecule has 1 aromatic carbocycles. The van der Waals surface area contributed by atoms with Gasteiger partial charge in [0.15, 0.2) is 11.7 Å². The van der Waals surface area contributed by atoms with Gasteiger partial charge in [0.25, 0.3) is 9.05 Å². The molecule has 4 nitrogen and oxygen atoms in total. The summed E-state index contributed by atoms with van der Waals surface area (Å²) in [6, 6.07) is 4.46. The predicted octanol–water partition coefficient (Wildman–Crippen LogP) is 3.80. The number of oxazole rings is 1. The molecule has 1 saturated carbocycles. The van der Waals surface area contributed by atoms with Gasteiger partial charge in [-0.3, -0.25) is 0 Å². The third kappa shape index (κ3) is 2.63. The van der Waals surface area contributed by atoms with E-state index >= 15 is 0 Å². The third-order valence-electron chi connectivity index (χ3n) is 2.93. The molecule has 1 aromatic heterocycles. The Balaban J connectivity index is 1.99. The van der Waals surface area contributed by atoms with Gasteiger partial charge in [-0.1, -0.05) is 11.6 Å². The Hall–Kier alpha value is -1.04. The lowest BCUT2D eigenvalue weighted by Gasteiger charge is -2.02. The van der Waals surface area contributed by atoms with E-state index in [1.807, 2.05) is 0 Å². The Morgan fingerprint density at radius 3 is 2.63 bits per heavy atom. The van der Waals surface area contributed by atoms with E-state index in [1.54, 1.807) is 12.3 Å². The fraction of sp³-hybridized carbons (Fsp3) is 0.250. The van der Waals surface area contributed by atoms with Gasteiger partial charge in [-0.15, -0.1) is 0 Å². The molecule has 0 bridgehead atoms. The zero-order valence-electron chi connectivity index (χ0n) is 9.64. The zero-order valence-corrected chi connectivity index (χ0v) is 12.0. The van der Waals surface area contributed by atoms with Gasteiger partial charge in [0.1, 0.15) is 4.90 Å². The highest BCUT2D eigenvalue weighted by Crippen LogP contribution is 2.41. The van der Waals surface area contributed by atoms with E-state index in [2.05, 4.69) is 4.98 Å². The van der Waals surface area contributed by atoms with Gasteiger partial charge in [-0.25, -0.2) is 13.4 Å². The van der Waals surface area contributed by atoms with E-state index in [9.17, 15) is 8.42 Å². The van der Waals surface area contributed by atoms with Crippen LogP contribution >= 0.6 is 22.3 Å². The van der Waals surface area contributed by atoms with E-state index in [1.165, 1.54) is 12.1 Å². The molecule has 2 aromatic rings. The summed E-state index contributed by atoms with van der Waals surface area (Å²) in [4.78, 5) is 4.09. The number of rotatable bonds is 3. The molecular formula is C12H9Cl2NO3S. The molecule has 0 radical (unpaired) electrons. The van der Waals surface area contributed by atoms with Crippen molar-refractivity contribution >= 4 is 31.3 Å². The minimum absolute atomic E-state index is 0.0665. The van der Waals surface area contributed by atoms with Crippen molar-refractivity contribution in [1.82, 2.24) is 4.98 Å². The molecule has 3 rings (SSSR count). The van der Waals surface area contributed by atoms with Crippen LogP contribution in [0.1, 0.15) is 24.7 Å². The van der Waals surface area contributed by atoms with E-state index in [-0.39, 0.29) is 9.92 Å². The van der Waals surface area contributed by atoms with Crippen LogP contribution in [0.25, 0.3) is 11.3 Å². The molecule has 0 N–H and O–H groups in total. The van der Waals surface area contributed by atoms with Crippen LogP contribution < -0.4 is 0 Å². The molecule has 0 saturated heterocycles. The van der Waals surface area contributed by atoms with Gasteiger partial charge >= 0.3 is 0 Å². The van der Waals surface area contributed by atoms with Crippen molar-refractivity contribution in [2.24, 2.45) is 0 Å². The van der Waals surface area contributed by atoms with E-state index in [0.29, 0.717) is 17.2 Å². The highest BCUT2D eigenvalue weighted by molar-refractivity contribution is 8.13. The summed E-state index contributed by atoms with van der Waals surface area (Å²) in [5, 5.41) is 0.0665. The SMILES string of the molecule is O=S(=O)(Cl)c1ccc(-c2cnc(C3CC3)o2)cc1Cl. The highest BCUT2D eigenvalue weighted by Gasteiger charge is 2.28.